The van der Waals surface area contributed by atoms with Gasteiger partial charge in [0.15, 0.2) is 5.84 Å². The van der Waals surface area contributed by atoms with Crippen molar-refractivity contribution in [1.82, 2.24) is 4.90 Å². The van der Waals surface area contributed by atoms with Gasteiger partial charge in [0.2, 0.25) is 5.91 Å². The Morgan fingerprint density at radius 1 is 1.85 bits per heavy atom. The fraction of sp³-hybridized carbons (Fsp3) is 0.750. The number of amides is 1. The summed E-state index contributed by atoms with van der Waals surface area (Å²) in [5.74, 6) is 0.178. The van der Waals surface area contributed by atoms with Crippen molar-refractivity contribution in [2.45, 2.75) is 32.2 Å². The minimum atomic E-state index is -0.597. The summed E-state index contributed by atoms with van der Waals surface area (Å²) < 4.78 is 0. The predicted octanol–water partition coefficient (Wildman–Crippen LogP) is 0.134. The van der Waals surface area contributed by atoms with Gasteiger partial charge in [-0.2, -0.15) is 0 Å². The van der Waals surface area contributed by atoms with E-state index >= 15 is 0 Å². The molecule has 1 aliphatic heterocycles. The fourth-order valence-electron chi connectivity index (χ4n) is 1.79. The maximum absolute atomic E-state index is 11.4. The SMILES string of the molecule is CCN1C(=O)CCC1(C)/C(N)=N/O. The van der Waals surface area contributed by atoms with Crippen LogP contribution < -0.4 is 5.73 Å². The molecule has 1 fully saturated rings. The summed E-state index contributed by atoms with van der Waals surface area (Å²) in [6.45, 7) is 4.29. The number of nitrogens with zero attached hydrogens (tertiary/aromatic N) is 2. The Hall–Kier alpha value is -1.26. The summed E-state index contributed by atoms with van der Waals surface area (Å²) in [7, 11) is 0. The van der Waals surface area contributed by atoms with Crippen LogP contribution in [-0.2, 0) is 4.79 Å². The Labute approximate surface area is 77.2 Å². The van der Waals surface area contributed by atoms with Crippen LogP contribution in [0, 0.1) is 0 Å². The van der Waals surface area contributed by atoms with Crippen LogP contribution in [0.1, 0.15) is 26.7 Å². The number of rotatable bonds is 2. The third-order valence-corrected chi connectivity index (χ3v) is 2.70. The van der Waals surface area contributed by atoms with Crippen LogP contribution in [0.15, 0.2) is 5.16 Å². The Bertz CT molecular complexity index is 252. The number of carbonyl (C=O) groups excluding carboxylic acids is 1. The zero-order chi connectivity index (χ0) is 10.1. The molecule has 1 atom stereocenters. The summed E-state index contributed by atoms with van der Waals surface area (Å²) >= 11 is 0. The minimum Gasteiger partial charge on any atom is -0.409 e. The molecule has 1 heterocycles. The Morgan fingerprint density at radius 3 is 2.92 bits per heavy atom. The number of carbonyl (C=O) groups is 1. The first-order valence-corrected chi connectivity index (χ1v) is 4.34. The molecule has 1 saturated heterocycles. The molecule has 0 bridgehead atoms. The lowest BCUT2D eigenvalue weighted by Crippen LogP contribution is -2.52. The maximum atomic E-state index is 11.4. The lowest BCUT2D eigenvalue weighted by Gasteiger charge is -2.32. The molecular formula is C8H15N3O2. The van der Waals surface area contributed by atoms with Gasteiger partial charge in [-0.05, 0) is 20.3 Å². The monoisotopic (exact) mass is 185 g/mol. The smallest absolute Gasteiger partial charge is 0.223 e. The standard InChI is InChI=1S/C8H15N3O2/c1-3-11-6(12)4-5-8(11,2)7(9)10-13/h13H,3-5H2,1-2H3,(H2,9,10). The number of hydrogen-bond donors (Lipinski definition) is 2. The van der Waals surface area contributed by atoms with Crippen molar-refractivity contribution in [3.8, 4) is 0 Å². The van der Waals surface area contributed by atoms with Gasteiger partial charge >= 0.3 is 0 Å². The molecule has 0 spiro atoms. The van der Waals surface area contributed by atoms with Gasteiger partial charge in [0.05, 0.1) is 0 Å². The van der Waals surface area contributed by atoms with E-state index in [1.54, 1.807) is 4.90 Å². The van der Waals surface area contributed by atoms with Crippen molar-refractivity contribution in [3.05, 3.63) is 0 Å². The zero-order valence-electron chi connectivity index (χ0n) is 7.95. The minimum absolute atomic E-state index is 0.0663. The second-order valence-corrected chi connectivity index (χ2v) is 3.40. The molecule has 0 aliphatic carbocycles. The molecular weight excluding hydrogens is 170 g/mol. The van der Waals surface area contributed by atoms with Crippen molar-refractivity contribution in [2.75, 3.05) is 6.54 Å². The first-order valence-electron chi connectivity index (χ1n) is 4.34. The molecule has 0 saturated carbocycles. The van der Waals surface area contributed by atoms with Crippen molar-refractivity contribution in [3.63, 3.8) is 0 Å². The van der Waals surface area contributed by atoms with E-state index in [0.717, 1.165) is 0 Å². The average molecular weight is 185 g/mol. The average Bonchev–Trinajstić information content (AvgIpc) is 2.42. The van der Waals surface area contributed by atoms with Gasteiger partial charge in [-0.1, -0.05) is 5.16 Å². The molecule has 1 unspecified atom stereocenters. The maximum Gasteiger partial charge on any atom is 0.223 e. The van der Waals surface area contributed by atoms with Crippen LogP contribution in [0.4, 0.5) is 0 Å². The van der Waals surface area contributed by atoms with Gasteiger partial charge in [-0.25, -0.2) is 0 Å². The van der Waals surface area contributed by atoms with Crippen LogP contribution in [-0.4, -0.2) is 33.9 Å². The topological polar surface area (TPSA) is 78.9 Å². The molecule has 0 radical (unpaired) electrons. The lowest BCUT2D eigenvalue weighted by atomic mass is 9.98. The van der Waals surface area contributed by atoms with E-state index in [1.165, 1.54) is 0 Å². The summed E-state index contributed by atoms with van der Waals surface area (Å²) in [5, 5.41) is 11.6. The molecule has 74 valence electrons. The Kier molecular flexibility index (Phi) is 2.45. The van der Waals surface area contributed by atoms with Gasteiger partial charge in [0, 0.05) is 13.0 Å². The van der Waals surface area contributed by atoms with Gasteiger partial charge in [-0.3, -0.25) is 4.79 Å². The highest BCUT2D eigenvalue weighted by atomic mass is 16.4. The van der Waals surface area contributed by atoms with Crippen molar-refractivity contribution < 1.29 is 10.0 Å². The highest BCUT2D eigenvalue weighted by molar-refractivity contribution is 5.96. The highest BCUT2D eigenvalue weighted by Gasteiger charge is 2.44. The molecule has 1 aliphatic rings. The van der Waals surface area contributed by atoms with E-state index in [2.05, 4.69) is 5.16 Å². The van der Waals surface area contributed by atoms with E-state index in [-0.39, 0.29) is 11.7 Å². The van der Waals surface area contributed by atoms with Gasteiger partial charge in [0.25, 0.3) is 0 Å². The number of oxime groups is 1. The molecule has 3 N–H and O–H groups in total. The Morgan fingerprint density at radius 2 is 2.46 bits per heavy atom. The van der Waals surface area contributed by atoms with Crippen molar-refractivity contribution in [1.29, 1.82) is 0 Å². The molecule has 0 aromatic rings. The van der Waals surface area contributed by atoms with Crippen LogP contribution in [0.25, 0.3) is 0 Å². The molecule has 13 heavy (non-hydrogen) atoms. The van der Waals surface area contributed by atoms with E-state index in [1.807, 2.05) is 13.8 Å². The van der Waals surface area contributed by atoms with Crippen LogP contribution >= 0.6 is 0 Å². The van der Waals surface area contributed by atoms with Gasteiger partial charge < -0.3 is 15.8 Å². The van der Waals surface area contributed by atoms with E-state index in [9.17, 15) is 4.79 Å². The van der Waals surface area contributed by atoms with Crippen LogP contribution in [0.5, 0.6) is 0 Å². The molecule has 1 rings (SSSR count). The largest absolute Gasteiger partial charge is 0.409 e. The first kappa shape index (κ1) is 9.83. The highest BCUT2D eigenvalue weighted by Crippen LogP contribution is 2.29. The van der Waals surface area contributed by atoms with Crippen LogP contribution in [0.2, 0.25) is 0 Å². The molecule has 5 heteroatoms. The predicted molar refractivity (Wildman–Crippen MR) is 48.4 cm³/mol. The number of hydrogen-bond acceptors (Lipinski definition) is 3. The summed E-state index contributed by atoms with van der Waals surface area (Å²) in [4.78, 5) is 13.0. The summed E-state index contributed by atoms with van der Waals surface area (Å²) in [6.07, 6.45) is 1.09. The van der Waals surface area contributed by atoms with E-state index < -0.39 is 5.54 Å². The molecule has 0 aromatic heterocycles. The van der Waals surface area contributed by atoms with Crippen molar-refractivity contribution >= 4 is 11.7 Å². The molecule has 0 aromatic carbocycles. The Balaban J connectivity index is 2.96. The molecule has 5 nitrogen and oxygen atoms in total. The van der Waals surface area contributed by atoms with E-state index in [4.69, 9.17) is 10.9 Å². The zero-order valence-corrected chi connectivity index (χ0v) is 7.95. The number of likely N-dealkylation sites (tertiary alicyclic amines) is 1. The third-order valence-electron chi connectivity index (χ3n) is 2.70. The number of nitrogens with two attached hydrogens (primary N) is 1. The fourth-order valence-corrected chi connectivity index (χ4v) is 1.79. The number of amidine groups is 1. The van der Waals surface area contributed by atoms with Gasteiger partial charge in [0.1, 0.15) is 5.54 Å². The van der Waals surface area contributed by atoms with E-state index in [0.29, 0.717) is 19.4 Å². The summed E-state index contributed by atoms with van der Waals surface area (Å²) in [5.41, 5.74) is 4.95. The number of likely N-dealkylation sites (N-methyl/N-ethyl adjacent to an activating group) is 1. The van der Waals surface area contributed by atoms with Gasteiger partial charge in [-0.15, -0.1) is 0 Å². The third kappa shape index (κ3) is 1.34. The summed E-state index contributed by atoms with van der Waals surface area (Å²) in [6, 6.07) is 0. The van der Waals surface area contributed by atoms with Crippen LogP contribution in [0.3, 0.4) is 0 Å². The first-order chi connectivity index (χ1) is 6.06. The normalized spacial score (nSPS) is 29.8. The second-order valence-electron chi connectivity index (χ2n) is 3.40. The van der Waals surface area contributed by atoms with Crippen molar-refractivity contribution in [2.24, 2.45) is 10.9 Å². The second kappa shape index (κ2) is 3.24. The lowest BCUT2D eigenvalue weighted by molar-refractivity contribution is -0.129. The molecule has 1 amide bonds. The quantitative estimate of drug-likeness (QED) is 0.278.